The minimum absolute atomic E-state index is 0.477. The molecule has 1 atom stereocenters. The number of aromatic nitrogens is 1. The molecule has 5 nitrogen and oxygen atoms in total. The van der Waals surface area contributed by atoms with E-state index >= 15 is 0 Å². The number of H-pyrrole nitrogens is 1. The smallest absolute Gasteiger partial charge is 0.142 e. The van der Waals surface area contributed by atoms with Gasteiger partial charge in [-0.2, -0.15) is 0 Å². The number of nitrogens with one attached hydrogen (secondary N) is 2. The number of nitrogens with zero attached hydrogens (tertiary/aromatic N) is 3. The van der Waals surface area contributed by atoms with Crippen LogP contribution in [0, 0.1) is 6.92 Å². The fourth-order valence-electron chi connectivity index (χ4n) is 4.35. The maximum absolute atomic E-state index is 4.57. The maximum atomic E-state index is 4.57. The summed E-state index contributed by atoms with van der Waals surface area (Å²) in [7, 11) is 4.37. The van der Waals surface area contributed by atoms with Crippen LogP contribution < -0.4 is 10.8 Å². The summed E-state index contributed by atoms with van der Waals surface area (Å²) in [5, 5.41) is 5.18. The van der Waals surface area contributed by atoms with Crippen molar-refractivity contribution in [1.82, 2.24) is 20.1 Å². The molecule has 1 saturated heterocycles. The molecule has 2 N–H and O–H groups in total. The summed E-state index contributed by atoms with van der Waals surface area (Å²) in [4.78, 5) is 12.7. The first-order valence-electron chi connectivity index (χ1n) is 11.9. The molecule has 0 saturated carbocycles. The molecule has 3 rings (SSSR count). The lowest BCUT2D eigenvalue weighted by atomic mass is 9.90. The summed E-state index contributed by atoms with van der Waals surface area (Å²) in [6, 6.07) is 5.06. The van der Waals surface area contributed by atoms with Crippen LogP contribution in [0.5, 0.6) is 0 Å². The first-order valence-corrected chi connectivity index (χ1v) is 11.9. The molecule has 1 unspecified atom stereocenters. The molecule has 2 heterocycles. The lowest BCUT2D eigenvalue weighted by molar-refractivity contribution is 0.219. The van der Waals surface area contributed by atoms with Gasteiger partial charge < -0.3 is 20.1 Å². The number of benzene rings is 1. The Labute approximate surface area is 189 Å². The second-order valence-electron chi connectivity index (χ2n) is 9.32. The van der Waals surface area contributed by atoms with Crippen LogP contribution in [0.25, 0.3) is 10.9 Å². The number of piperazine rings is 1. The van der Waals surface area contributed by atoms with E-state index in [1.165, 1.54) is 52.3 Å². The monoisotopic (exact) mass is 421 g/mol. The lowest BCUT2D eigenvalue weighted by Gasteiger charge is -2.30. The normalized spacial score (nSPS) is 17.2. The molecule has 0 aliphatic carbocycles. The highest BCUT2D eigenvalue weighted by atomic mass is 15.3. The SMILES string of the molecule is Bc1cc(C)cc2c(CC(CCCC)NC/C(C)=C/N=C/N3CCN(C)CC3)c[nH]c12. The Bertz CT molecular complexity index is 893. The molecule has 2 aromatic rings. The van der Waals surface area contributed by atoms with Crippen LogP contribution in [0.4, 0.5) is 0 Å². The summed E-state index contributed by atoms with van der Waals surface area (Å²) in [5.41, 5.74) is 6.64. The molecule has 31 heavy (non-hydrogen) atoms. The summed E-state index contributed by atoms with van der Waals surface area (Å²) in [6.07, 6.45) is 11.0. The van der Waals surface area contributed by atoms with Crippen LogP contribution >= 0.6 is 0 Å². The van der Waals surface area contributed by atoms with Gasteiger partial charge in [0.15, 0.2) is 0 Å². The van der Waals surface area contributed by atoms with E-state index in [9.17, 15) is 0 Å². The molecule has 0 radical (unpaired) electrons. The fourth-order valence-corrected chi connectivity index (χ4v) is 4.35. The van der Waals surface area contributed by atoms with Crippen molar-refractivity contribution in [3.05, 3.63) is 41.2 Å². The highest BCUT2D eigenvalue weighted by Gasteiger charge is 2.14. The Morgan fingerprint density at radius 2 is 2.06 bits per heavy atom. The number of aryl methyl sites for hydroxylation is 1. The maximum Gasteiger partial charge on any atom is 0.142 e. The predicted octanol–water partition coefficient (Wildman–Crippen LogP) is 2.61. The molecule has 168 valence electrons. The van der Waals surface area contributed by atoms with Gasteiger partial charge in [0.25, 0.3) is 0 Å². The van der Waals surface area contributed by atoms with Crippen molar-refractivity contribution in [2.45, 2.75) is 52.5 Å². The van der Waals surface area contributed by atoms with E-state index in [4.69, 9.17) is 0 Å². The van der Waals surface area contributed by atoms with Gasteiger partial charge in [-0.15, -0.1) is 0 Å². The Kier molecular flexibility index (Phi) is 8.79. The van der Waals surface area contributed by atoms with Gasteiger partial charge in [-0.3, -0.25) is 0 Å². The van der Waals surface area contributed by atoms with Crippen LogP contribution in [0.2, 0.25) is 0 Å². The van der Waals surface area contributed by atoms with Crippen molar-refractivity contribution >= 4 is 30.6 Å². The van der Waals surface area contributed by atoms with E-state index in [2.05, 4.69) is 79.1 Å². The first-order chi connectivity index (χ1) is 15.0. The zero-order valence-corrected chi connectivity index (χ0v) is 20.2. The van der Waals surface area contributed by atoms with Crippen LogP contribution in [-0.4, -0.2) is 74.8 Å². The fraction of sp³-hybridized carbons (Fsp3) is 0.560. The van der Waals surface area contributed by atoms with Gasteiger partial charge in [-0.05, 0) is 50.9 Å². The predicted molar refractivity (Wildman–Crippen MR) is 138 cm³/mol. The molecule has 6 heteroatoms. The average Bonchev–Trinajstić information content (AvgIpc) is 3.14. The summed E-state index contributed by atoms with van der Waals surface area (Å²) in [6.45, 7) is 11.9. The summed E-state index contributed by atoms with van der Waals surface area (Å²) < 4.78 is 0. The number of unbranched alkanes of at least 4 members (excludes halogenated alkanes) is 1. The quantitative estimate of drug-likeness (QED) is 0.352. The van der Waals surface area contributed by atoms with Gasteiger partial charge in [-0.25, -0.2) is 4.99 Å². The molecule has 1 aliphatic rings. The number of fused-ring (bicyclic) bond motifs is 1. The van der Waals surface area contributed by atoms with E-state index < -0.39 is 0 Å². The van der Waals surface area contributed by atoms with Crippen LogP contribution in [-0.2, 0) is 6.42 Å². The number of rotatable bonds is 10. The largest absolute Gasteiger partial charge is 0.361 e. The highest BCUT2D eigenvalue weighted by molar-refractivity contribution is 6.38. The van der Waals surface area contributed by atoms with Gasteiger partial charge in [-0.1, -0.05) is 36.9 Å². The van der Waals surface area contributed by atoms with E-state index in [0.29, 0.717) is 6.04 Å². The molecule has 0 bridgehead atoms. The zero-order valence-electron chi connectivity index (χ0n) is 20.2. The van der Waals surface area contributed by atoms with Gasteiger partial charge in [0.1, 0.15) is 7.85 Å². The Morgan fingerprint density at radius 3 is 2.81 bits per heavy atom. The second kappa shape index (κ2) is 11.5. The Balaban J connectivity index is 1.58. The molecule has 1 aromatic heterocycles. The number of likely N-dealkylation sites (N-methyl/N-ethyl adjacent to an activating group) is 1. The molecule has 0 amide bonds. The molecular formula is C25H40BN5. The highest BCUT2D eigenvalue weighted by Crippen LogP contribution is 2.21. The third-order valence-corrected chi connectivity index (χ3v) is 6.32. The van der Waals surface area contributed by atoms with Gasteiger partial charge >= 0.3 is 0 Å². The number of aliphatic imine (C=N–C) groups is 1. The van der Waals surface area contributed by atoms with Gasteiger partial charge in [0.2, 0.25) is 0 Å². The van der Waals surface area contributed by atoms with E-state index in [-0.39, 0.29) is 0 Å². The van der Waals surface area contributed by atoms with Crippen molar-refractivity contribution in [2.75, 3.05) is 39.8 Å². The van der Waals surface area contributed by atoms with E-state index in [1.807, 2.05) is 12.5 Å². The third kappa shape index (κ3) is 6.98. The molecular weight excluding hydrogens is 381 g/mol. The van der Waals surface area contributed by atoms with Crippen molar-refractivity contribution in [1.29, 1.82) is 0 Å². The molecule has 1 aliphatic heterocycles. The summed E-state index contributed by atoms with van der Waals surface area (Å²) >= 11 is 0. The minimum atomic E-state index is 0.477. The van der Waals surface area contributed by atoms with Crippen molar-refractivity contribution in [3.8, 4) is 0 Å². The molecule has 1 fully saturated rings. The zero-order chi connectivity index (χ0) is 22.2. The number of hydrogen-bond donors (Lipinski definition) is 2. The van der Waals surface area contributed by atoms with Crippen LogP contribution in [0.1, 0.15) is 44.2 Å². The third-order valence-electron chi connectivity index (χ3n) is 6.32. The lowest BCUT2D eigenvalue weighted by Crippen LogP contribution is -2.43. The second-order valence-corrected chi connectivity index (χ2v) is 9.32. The Morgan fingerprint density at radius 1 is 1.29 bits per heavy atom. The minimum Gasteiger partial charge on any atom is -0.361 e. The van der Waals surface area contributed by atoms with Crippen molar-refractivity contribution < 1.29 is 0 Å². The molecule has 0 spiro atoms. The first kappa shape index (κ1) is 23.6. The summed E-state index contributed by atoms with van der Waals surface area (Å²) in [5.74, 6) is 0. The van der Waals surface area contributed by atoms with Crippen molar-refractivity contribution in [3.63, 3.8) is 0 Å². The topological polar surface area (TPSA) is 46.7 Å². The van der Waals surface area contributed by atoms with Gasteiger partial charge in [0, 0.05) is 62.1 Å². The number of hydrogen-bond acceptors (Lipinski definition) is 3. The van der Waals surface area contributed by atoms with Crippen molar-refractivity contribution in [2.24, 2.45) is 4.99 Å². The van der Waals surface area contributed by atoms with Gasteiger partial charge in [0.05, 0.1) is 6.34 Å². The Hall–Kier alpha value is -2.05. The standard InChI is InChI=1S/C25H40BN5/c1-5-6-7-22(14-21-17-29-25-23(21)12-19(2)13-24(25)26)28-16-20(3)15-27-18-31-10-8-30(4)9-11-31/h12-13,15,17-18,22,28-29H,5-11,14,16,26H2,1-4H3/b20-15+,27-18+. The van der Waals surface area contributed by atoms with E-state index in [1.54, 1.807) is 0 Å². The van der Waals surface area contributed by atoms with Crippen LogP contribution in [0.3, 0.4) is 0 Å². The average molecular weight is 421 g/mol. The molecule has 1 aromatic carbocycles. The van der Waals surface area contributed by atoms with E-state index in [0.717, 1.165) is 39.1 Å². The number of aromatic amines is 1. The van der Waals surface area contributed by atoms with Crippen LogP contribution in [0.15, 0.2) is 35.1 Å².